The minimum absolute atomic E-state index is 0.769. The van der Waals surface area contributed by atoms with Gasteiger partial charge < -0.3 is 15.1 Å². The van der Waals surface area contributed by atoms with Gasteiger partial charge in [0, 0.05) is 38.8 Å². The maximum absolute atomic E-state index is 3.73. The molecule has 0 bridgehead atoms. The third-order valence-electron chi connectivity index (χ3n) is 5.12. The fourth-order valence-electron chi connectivity index (χ4n) is 3.85. The van der Waals surface area contributed by atoms with Gasteiger partial charge in [0.2, 0.25) is 0 Å². The van der Waals surface area contributed by atoms with Gasteiger partial charge in [-0.25, -0.2) is 0 Å². The molecule has 2 fully saturated rings. The Labute approximate surface area is 119 Å². The van der Waals surface area contributed by atoms with Crippen LogP contribution in [0.25, 0.3) is 0 Å². The molecule has 1 aliphatic carbocycles. The Morgan fingerprint density at radius 2 is 1.68 bits per heavy atom. The van der Waals surface area contributed by atoms with Crippen LogP contribution in [0.4, 0.5) is 0 Å². The summed E-state index contributed by atoms with van der Waals surface area (Å²) < 4.78 is 0. The van der Waals surface area contributed by atoms with Gasteiger partial charge in [-0.1, -0.05) is 20.8 Å². The number of piperazine rings is 1. The van der Waals surface area contributed by atoms with E-state index in [1.165, 1.54) is 58.5 Å². The largest absolute Gasteiger partial charge is 0.314 e. The lowest BCUT2D eigenvalue weighted by Crippen LogP contribution is -2.51. The summed E-state index contributed by atoms with van der Waals surface area (Å²) in [6.45, 7) is 15.7. The molecule has 0 aromatic heterocycles. The smallest absolute Gasteiger partial charge is 0.0110 e. The van der Waals surface area contributed by atoms with Crippen molar-refractivity contribution in [2.24, 2.45) is 11.8 Å². The van der Waals surface area contributed by atoms with Gasteiger partial charge in [0.25, 0.3) is 0 Å². The van der Waals surface area contributed by atoms with Crippen LogP contribution in [0.3, 0.4) is 0 Å². The van der Waals surface area contributed by atoms with Crippen molar-refractivity contribution in [1.82, 2.24) is 15.1 Å². The van der Waals surface area contributed by atoms with Crippen molar-refractivity contribution >= 4 is 0 Å². The minimum atomic E-state index is 0.769. The molecule has 1 heterocycles. The molecule has 1 N–H and O–H groups in total. The van der Waals surface area contributed by atoms with Crippen LogP contribution < -0.4 is 5.32 Å². The van der Waals surface area contributed by atoms with Crippen LogP contribution in [0.15, 0.2) is 0 Å². The molecule has 0 aromatic rings. The fourth-order valence-corrected chi connectivity index (χ4v) is 3.85. The first kappa shape index (κ1) is 15.3. The Morgan fingerprint density at radius 1 is 1.00 bits per heavy atom. The van der Waals surface area contributed by atoms with Gasteiger partial charge in [-0.2, -0.15) is 0 Å². The average molecular weight is 267 g/mol. The highest BCUT2D eigenvalue weighted by molar-refractivity contribution is 4.86. The van der Waals surface area contributed by atoms with Crippen LogP contribution in [0.2, 0.25) is 0 Å². The van der Waals surface area contributed by atoms with E-state index in [0.717, 1.165) is 24.4 Å². The van der Waals surface area contributed by atoms with E-state index in [9.17, 15) is 0 Å². The zero-order valence-electron chi connectivity index (χ0n) is 13.2. The predicted molar refractivity (Wildman–Crippen MR) is 82.5 cm³/mol. The average Bonchev–Trinajstić information content (AvgIpc) is 2.43. The summed E-state index contributed by atoms with van der Waals surface area (Å²) >= 11 is 0. The topological polar surface area (TPSA) is 18.5 Å². The van der Waals surface area contributed by atoms with Crippen LogP contribution in [-0.2, 0) is 0 Å². The SMILES string of the molecule is CCNC1CCC(C)CC1CN1CCN(CC)CC1. The second-order valence-corrected chi connectivity index (χ2v) is 6.58. The zero-order valence-corrected chi connectivity index (χ0v) is 13.2. The maximum Gasteiger partial charge on any atom is 0.0110 e. The number of hydrogen-bond acceptors (Lipinski definition) is 3. The normalized spacial score (nSPS) is 34.6. The summed E-state index contributed by atoms with van der Waals surface area (Å²) in [6.07, 6.45) is 4.22. The second kappa shape index (κ2) is 7.61. The number of hydrogen-bond donors (Lipinski definition) is 1. The number of rotatable bonds is 5. The van der Waals surface area contributed by atoms with Crippen LogP contribution in [-0.4, -0.2) is 61.7 Å². The Kier molecular flexibility index (Phi) is 6.11. The van der Waals surface area contributed by atoms with Gasteiger partial charge in [-0.05, 0) is 44.2 Å². The molecule has 1 aliphatic heterocycles. The molecule has 2 rings (SSSR count). The van der Waals surface area contributed by atoms with E-state index in [-0.39, 0.29) is 0 Å². The molecule has 0 spiro atoms. The van der Waals surface area contributed by atoms with Gasteiger partial charge in [0.1, 0.15) is 0 Å². The van der Waals surface area contributed by atoms with Gasteiger partial charge in [-0.3, -0.25) is 0 Å². The van der Waals surface area contributed by atoms with E-state index in [1.54, 1.807) is 0 Å². The second-order valence-electron chi connectivity index (χ2n) is 6.58. The molecule has 0 amide bonds. The summed E-state index contributed by atoms with van der Waals surface area (Å²) in [6, 6.07) is 0.769. The first-order valence-electron chi connectivity index (χ1n) is 8.41. The molecule has 2 aliphatic rings. The van der Waals surface area contributed by atoms with Crippen molar-refractivity contribution in [1.29, 1.82) is 0 Å². The molecule has 19 heavy (non-hydrogen) atoms. The summed E-state index contributed by atoms with van der Waals surface area (Å²) in [5.74, 6) is 1.80. The lowest BCUT2D eigenvalue weighted by Gasteiger charge is -2.41. The fraction of sp³-hybridized carbons (Fsp3) is 1.00. The molecule has 3 atom stereocenters. The Balaban J connectivity index is 1.81. The van der Waals surface area contributed by atoms with E-state index in [4.69, 9.17) is 0 Å². The van der Waals surface area contributed by atoms with Gasteiger partial charge in [0.05, 0.1) is 0 Å². The van der Waals surface area contributed by atoms with Crippen molar-refractivity contribution in [3.05, 3.63) is 0 Å². The lowest BCUT2D eigenvalue weighted by atomic mass is 9.78. The van der Waals surface area contributed by atoms with E-state index in [1.807, 2.05) is 0 Å². The van der Waals surface area contributed by atoms with Crippen LogP contribution in [0.1, 0.15) is 40.0 Å². The summed E-state index contributed by atoms with van der Waals surface area (Å²) in [7, 11) is 0. The molecule has 1 saturated heterocycles. The van der Waals surface area contributed by atoms with Crippen LogP contribution >= 0.6 is 0 Å². The van der Waals surface area contributed by atoms with Crippen molar-refractivity contribution < 1.29 is 0 Å². The predicted octanol–water partition coefficient (Wildman–Crippen LogP) is 2.04. The number of likely N-dealkylation sites (N-methyl/N-ethyl adjacent to an activating group) is 1. The van der Waals surface area contributed by atoms with E-state index in [2.05, 4.69) is 35.9 Å². The van der Waals surface area contributed by atoms with Crippen molar-refractivity contribution in [3.8, 4) is 0 Å². The van der Waals surface area contributed by atoms with E-state index in [0.29, 0.717) is 0 Å². The van der Waals surface area contributed by atoms with Gasteiger partial charge >= 0.3 is 0 Å². The van der Waals surface area contributed by atoms with E-state index < -0.39 is 0 Å². The first-order valence-corrected chi connectivity index (χ1v) is 8.41. The Morgan fingerprint density at radius 3 is 2.32 bits per heavy atom. The van der Waals surface area contributed by atoms with Crippen LogP contribution in [0, 0.1) is 11.8 Å². The van der Waals surface area contributed by atoms with E-state index >= 15 is 0 Å². The Bertz CT molecular complexity index is 248. The molecule has 3 nitrogen and oxygen atoms in total. The molecule has 0 aromatic carbocycles. The molecular formula is C16H33N3. The van der Waals surface area contributed by atoms with Gasteiger partial charge in [0.15, 0.2) is 0 Å². The van der Waals surface area contributed by atoms with Crippen molar-refractivity contribution in [2.45, 2.75) is 46.1 Å². The quantitative estimate of drug-likeness (QED) is 0.822. The highest BCUT2D eigenvalue weighted by Crippen LogP contribution is 2.30. The highest BCUT2D eigenvalue weighted by Gasteiger charge is 2.30. The first-order chi connectivity index (χ1) is 9.22. The molecule has 1 saturated carbocycles. The third-order valence-corrected chi connectivity index (χ3v) is 5.12. The molecular weight excluding hydrogens is 234 g/mol. The molecule has 0 radical (unpaired) electrons. The summed E-state index contributed by atoms with van der Waals surface area (Å²) in [4.78, 5) is 5.28. The summed E-state index contributed by atoms with van der Waals surface area (Å²) in [5.41, 5.74) is 0. The Hall–Kier alpha value is -0.120. The minimum Gasteiger partial charge on any atom is -0.314 e. The van der Waals surface area contributed by atoms with Crippen molar-refractivity contribution in [2.75, 3.05) is 45.8 Å². The maximum atomic E-state index is 3.73. The molecule has 3 heteroatoms. The molecule has 112 valence electrons. The number of nitrogens with one attached hydrogen (secondary N) is 1. The van der Waals surface area contributed by atoms with Gasteiger partial charge in [-0.15, -0.1) is 0 Å². The molecule has 3 unspecified atom stereocenters. The standard InChI is InChI=1S/C16H33N3/c1-4-17-16-7-6-14(3)12-15(16)13-19-10-8-18(5-2)9-11-19/h14-17H,4-13H2,1-3H3. The highest BCUT2D eigenvalue weighted by atomic mass is 15.3. The van der Waals surface area contributed by atoms with Crippen LogP contribution in [0.5, 0.6) is 0 Å². The number of nitrogens with zero attached hydrogens (tertiary/aromatic N) is 2. The third kappa shape index (κ3) is 4.44. The lowest BCUT2D eigenvalue weighted by molar-refractivity contribution is 0.0936. The summed E-state index contributed by atoms with van der Waals surface area (Å²) in [5, 5.41) is 3.73. The zero-order chi connectivity index (χ0) is 13.7. The van der Waals surface area contributed by atoms with Crippen molar-refractivity contribution in [3.63, 3.8) is 0 Å². The monoisotopic (exact) mass is 267 g/mol.